The van der Waals surface area contributed by atoms with Gasteiger partial charge in [0.2, 0.25) is 5.91 Å². The van der Waals surface area contributed by atoms with Gasteiger partial charge in [0, 0.05) is 6.42 Å². The van der Waals surface area contributed by atoms with Crippen LogP contribution in [0.25, 0.3) is 0 Å². The van der Waals surface area contributed by atoms with Crippen LogP contribution in [0, 0.1) is 0 Å². The van der Waals surface area contributed by atoms with Crippen molar-refractivity contribution in [3.05, 3.63) is 72.9 Å². The summed E-state index contributed by atoms with van der Waals surface area (Å²) in [4.78, 5) is 13.1. The average molecular weight is 1080 g/mol. The van der Waals surface area contributed by atoms with E-state index in [-0.39, 0.29) is 12.5 Å². The van der Waals surface area contributed by atoms with Crippen LogP contribution in [-0.2, 0) is 23.7 Å². The third-order valence-corrected chi connectivity index (χ3v) is 14.4. The molecule has 14 heteroatoms. The summed E-state index contributed by atoms with van der Waals surface area (Å²) in [7, 11) is 0. The number of nitrogens with one attached hydrogen (secondary N) is 1. The molecule has 0 aliphatic carbocycles. The zero-order chi connectivity index (χ0) is 55.3. The van der Waals surface area contributed by atoms with Crippen LogP contribution in [0.4, 0.5) is 0 Å². The van der Waals surface area contributed by atoms with E-state index in [4.69, 9.17) is 18.9 Å². The standard InChI is InChI=1S/C62H109NO13/c1-3-5-7-8-9-10-11-12-13-14-15-16-17-18-19-20-21-22-23-24-25-26-27-28-29-30-31-32-33-34-35-36-37-38-39-40-41-42-44-46-54(67)63-50(51(66)45-43-6-4-2)49-73-61-59(72)57(70)60(53(48-65)75-61)76-62-58(71)56(69)55(68)52(47-64)74-62/h5,7,9-10,12-13,15-16,18-19,21-22,50-53,55-62,64-66,68-72H,3-4,6,8,11,14,17,20,23-49H2,1-2H3,(H,63,67)/b7-5-,10-9-,13-12-,16-15-,19-18-,22-21-. The van der Waals surface area contributed by atoms with Crippen molar-refractivity contribution in [2.75, 3.05) is 19.8 Å². The number of aliphatic hydroxyl groups is 8. The minimum atomic E-state index is -1.78. The van der Waals surface area contributed by atoms with Crippen molar-refractivity contribution < 1.29 is 64.6 Å². The summed E-state index contributed by atoms with van der Waals surface area (Å²) in [6.07, 6.45) is 46.3. The predicted molar refractivity (Wildman–Crippen MR) is 304 cm³/mol. The number of rotatable bonds is 47. The first-order valence-corrected chi connectivity index (χ1v) is 30.2. The summed E-state index contributed by atoms with van der Waals surface area (Å²) >= 11 is 0. The van der Waals surface area contributed by atoms with Crippen molar-refractivity contribution in [3.8, 4) is 0 Å². The Kier molecular flexibility index (Phi) is 43.2. The Bertz CT molecular complexity index is 1550. The van der Waals surface area contributed by atoms with Gasteiger partial charge in [0.05, 0.1) is 32.0 Å². The van der Waals surface area contributed by atoms with Crippen LogP contribution in [0.3, 0.4) is 0 Å². The molecule has 2 heterocycles. The molecule has 0 aromatic rings. The highest BCUT2D eigenvalue weighted by Gasteiger charge is 2.51. The summed E-state index contributed by atoms with van der Waals surface area (Å²) in [5.74, 6) is -0.218. The van der Waals surface area contributed by atoms with Crippen molar-refractivity contribution in [2.45, 2.75) is 293 Å². The summed E-state index contributed by atoms with van der Waals surface area (Å²) in [5, 5.41) is 86.2. The van der Waals surface area contributed by atoms with Crippen LogP contribution in [0.5, 0.6) is 0 Å². The highest BCUT2D eigenvalue weighted by Crippen LogP contribution is 2.30. The van der Waals surface area contributed by atoms with E-state index >= 15 is 0 Å². The lowest BCUT2D eigenvalue weighted by atomic mass is 9.97. The highest BCUT2D eigenvalue weighted by atomic mass is 16.7. The second-order valence-electron chi connectivity index (χ2n) is 21.1. The molecule has 0 radical (unpaired) electrons. The van der Waals surface area contributed by atoms with Gasteiger partial charge < -0.3 is 65.1 Å². The molecular weight excluding hydrogens is 967 g/mol. The summed E-state index contributed by atoms with van der Waals surface area (Å²) in [5.41, 5.74) is 0. The number of amides is 1. The molecule has 76 heavy (non-hydrogen) atoms. The van der Waals surface area contributed by atoms with Crippen molar-refractivity contribution in [1.29, 1.82) is 0 Å². The first kappa shape index (κ1) is 69.5. The number of unbranched alkanes of at least 4 members (excludes halogenated alkanes) is 22. The molecule has 14 nitrogen and oxygen atoms in total. The summed E-state index contributed by atoms with van der Waals surface area (Å²) in [6, 6.07) is -0.824. The molecule has 0 aromatic heterocycles. The molecule has 12 atom stereocenters. The Labute approximate surface area is 459 Å². The van der Waals surface area contributed by atoms with Crippen molar-refractivity contribution in [3.63, 3.8) is 0 Å². The number of ether oxygens (including phenoxy) is 4. The number of aliphatic hydroxyl groups excluding tert-OH is 8. The fourth-order valence-corrected chi connectivity index (χ4v) is 9.59. The zero-order valence-electron chi connectivity index (χ0n) is 47.2. The molecule has 0 bridgehead atoms. The number of carbonyl (C=O) groups is 1. The third-order valence-electron chi connectivity index (χ3n) is 14.4. The van der Waals surface area contributed by atoms with Crippen LogP contribution in [0.1, 0.15) is 219 Å². The fraction of sp³-hybridized carbons (Fsp3) is 0.790. The maximum absolute atomic E-state index is 13.1. The van der Waals surface area contributed by atoms with E-state index in [1.807, 2.05) is 0 Å². The lowest BCUT2D eigenvalue weighted by Crippen LogP contribution is -2.65. The van der Waals surface area contributed by atoms with E-state index in [9.17, 15) is 45.6 Å². The molecule has 2 aliphatic heterocycles. The number of hydrogen-bond donors (Lipinski definition) is 9. The maximum Gasteiger partial charge on any atom is 0.220 e. The molecule has 0 saturated carbocycles. The van der Waals surface area contributed by atoms with E-state index < -0.39 is 86.8 Å². The first-order chi connectivity index (χ1) is 37.1. The zero-order valence-corrected chi connectivity index (χ0v) is 47.2. The van der Waals surface area contributed by atoms with Gasteiger partial charge in [0.25, 0.3) is 0 Å². The lowest BCUT2D eigenvalue weighted by molar-refractivity contribution is -0.359. The van der Waals surface area contributed by atoms with Crippen molar-refractivity contribution in [2.24, 2.45) is 0 Å². The van der Waals surface area contributed by atoms with Crippen molar-refractivity contribution in [1.82, 2.24) is 5.32 Å². The average Bonchev–Trinajstić information content (AvgIpc) is 3.42. The van der Waals surface area contributed by atoms with Crippen LogP contribution < -0.4 is 5.32 Å². The highest BCUT2D eigenvalue weighted by molar-refractivity contribution is 5.76. The topological polar surface area (TPSA) is 228 Å². The van der Waals surface area contributed by atoms with E-state index in [1.165, 1.54) is 109 Å². The van der Waals surface area contributed by atoms with Crippen LogP contribution in [0.2, 0.25) is 0 Å². The molecule has 2 rings (SSSR count). The fourth-order valence-electron chi connectivity index (χ4n) is 9.59. The Hall–Kier alpha value is -2.57. The normalized spacial score (nSPS) is 25.4. The van der Waals surface area contributed by atoms with Crippen LogP contribution >= 0.6 is 0 Å². The molecule has 2 aliphatic rings. The monoisotopic (exact) mass is 1080 g/mol. The van der Waals surface area contributed by atoms with Gasteiger partial charge in [0.1, 0.15) is 48.8 Å². The van der Waals surface area contributed by atoms with Gasteiger partial charge in [-0.15, -0.1) is 0 Å². The van der Waals surface area contributed by atoms with Gasteiger partial charge in [-0.25, -0.2) is 0 Å². The van der Waals surface area contributed by atoms with Crippen molar-refractivity contribution >= 4 is 5.91 Å². The number of hydrogen-bond acceptors (Lipinski definition) is 13. The molecule has 12 unspecified atom stereocenters. The Morgan fingerprint density at radius 3 is 1.37 bits per heavy atom. The minimum Gasteiger partial charge on any atom is -0.394 e. The second-order valence-corrected chi connectivity index (χ2v) is 21.1. The Morgan fingerprint density at radius 2 is 0.908 bits per heavy atom. The Balaban J connectivity index is 1.45. The van der Waals surface area contributed by atoms with Gasteiger partial charge in [-0.1, -0.05) is 222 Å². The van der Waals surface area contributed by atoms with E-state index in [1.54, 1.807) is 0 Å². The number of carbonyl (C=O) groups excluding carboxylic acids is 1. The van der Waals surface area contributed by atoms with Gasteiger partial charge in [-0.2, -0.15) is 0 Å². The molecule has 1 amide bonds. The van der Waals surface area contributed by atoms with Gasteiger partial charge >= 0.3 is 0 Å². The molecule has 2 fully saturated rings. The minimum absolute atomic E-state index is 0.218. The molecular formula is C62H109NO13. The molecule has 2 saturated heterocycles. The largest absolute Gasteiger partial charge is 0.394 e. The first-order valence-electron chi connectivity index (χ1n) is 30.2. The summed E-state index contributed by atoms with van der Waals surface area (Å²) < 4.78 is 22.6. The van der Waals surface area contributed by atoms with Crippen LogP contribution in [-0.4, -0.2) is 140 Å². The predicted octanol–water partition coefficient (Wildman–Crippen LogP) is 10.3. The van der Waals surface area contributed by atoms with E-state index in [0.29, 0.717) is 12.8 Å². The Morgan fingerprint density at radius 1 is 0.487 bits per heavy atom. The smallest absolute Gasteiger partial charge is 0.220 e. The van der Waals surface area contributed by atoms with Gasteiger partial charge in [0.15, 0.2) is 12.6 Å². The molecule has 9 N–H and O–H groups in total. The molecule has 440 valence electrons. The SMILES string of the molecule is CC/C=C\C/C=C\C/C=C\C/C=C\C/C=C\C/C=C\CCCCCCCCCCCCCCCCCCCCCCC(=O)NC(COC1OC(CO)C(OC2OC(CO)C(O)C(O)C2O)C(O)C1O)C(O)CCCCC. The second kappa shape index (κ2) is 47.3. The van der Waals surface area contributed by atoms with Gasteiger partial charge in [-0.3, -0.25) is 4.79 Å². The quantitative estimate of drug-likeness (QED) is 0.0204. The van der Waals surface area contributed by atoms with E-state index in [2.05, 4.69) is 92.1 Å². The molecule has 0 spiro atoms. The molecule has 0 aromatic carbocycles. The lowest BCUT2D eigenvalue weighted by Gasteiger charge is -2.46. The maximum atomic E-state index is 13.1. The number of allylic oxidation sites excluding steroid dienone is 12. The van der Waals surface area contributed by atoms with Crippen LogP contribution in [0.15, 0.2) is 72.9 Å². The van der Waals surface area contributed by atoms with E-state index in [0.717, 1.165) is 83.5 Å². The third kappa shape index (κ3) is 32.5. The summed E-state index contributed by atoms with van der Waals surface area (Å²) in [6.45, 7) is 2.56. The van der Waals surface area contributed by atoms with Gasteiger partial charge in [-0.05, 0) is 64.2 Å².